The van der Waals surface area contributed by atoms with Gasteiger partial charge in [-0.15, -0.1) is 4.37 Å². The van der Waals surface area contributed by atoms with Crippen LogP contribution in [-0.2, 0) is 14.3 Å². The topological polar surface area (TPSA) is 126 Å². The Kier molecular flexibility index (Phi) is 9.67. The molecule has 2 atom stereocenters. The molecule has 0 amide bonds. The summed E-state index contributed by atoms with van der Waals surface area (Å²) in [5.41, 5.74) is 5.55. The summed E-state index contributed by atoms with van der Waals surface area (Å²) in [5, 5.41) is 8.74. The standard InChI is InChI=1S/C20H32N4O5S/c1-3-4-5-6-12-28-19-18(22-30-23-19)15-8-7-11-24(2,13-15)14-29-20(27)16(21)9-10-17(25)26/h8,16H,3-7,9-14,21H2,1-2H3/p+2/t16-,24?/m0/s1. The Morgan fingerprint density at radius 2 is 2.13 bits per heavy atom. The molecule has 2 rings (SSSR count). The van der Waals surface area contributed by atoms with Gasteiger partial charge in [-0.2, -0.15) is 4.37 Å². The third-order valence-electron chi connectivity index (χ3n) is 5.17. The maximum absolute atomic E-state index is 12.2. The average molecular weight is 443 g/mol. The molecule has 0 aliphatic carbocycles. The van der Waals surface area contributed by atoms with Gasteiger partial charge in [0.2, 0.25) is 6.73 Å². The average Bonchev–Trinajstić information content (AvgIpc) is 3.18. The molecule has 0 aromatic carbocycles. The monoisotopic (exact) mass is 442 g/mol. The lowest BCUT2D eigenvalue weighted by Gasteiger charge is -2.36. The molecule has 1 aliphatic heterocycles. The molecule has 1 aromatic rings. The molecule has 0 fully saturated rings. The van der Waals surface area contributed by atoms with E-state index in [9.17, 15) is 9.59 Å². The number of likely N-dealkylation sites (N-methyl/N-ethyl adjacent to an activating group) is 1. The summed E-state index contributed by atoms with van der Waals surface area (Å²) in [7, 11) is 2.03. The van der Waals surface area contributed by atoms with Gasteiger partial charge < -0.3 is 20.3 Å². The number of carbonyl (C=O) groups excluding carboxylic acids is 1. The van der Waals surface area contributed by atoms with Gasteiger partial charge >= 0.3 is 11.9 Å². The number of carbonyl (C=O) groups is 2. The Bertz CT molecular complexity index is 739. The van der Waals surface area contributed by atoms with Crippen molar-refractivity contribution < 1.29 is 34.4 Å². The summed E-state index contributed by atoms with van der Waals surface area (Å²) in [6.45, 7) is 4.51. The van der Waals surface area contributed by atoms with Gasteiger partial charge in [0, 0.05) is 18.4 Å². The van der Waals surface area contributed by atoms with E-state index in [-0.39, 0.29) is 19.6 Å². The number of rotatable bonds is 13. The molecule has 1 aliphatic rings. The quantitative estimate of drug-likeness (QED) is 0.270. The Hall–Kier alpha value is -2.04. The van der Waals surface area contributed by atoms with Gasteiger partial charge in [0.1, 0.15) is 12.2 Å². The normalized spacial score (nSPS) is 19.8. The Labute approximate surface area is 181 Å². The number of quaternary nitrogens is 2. The van der Waals surface area contributed by atoms with Crippen molar-refractivity contribution in [3.05, 3.63) is 11.8 Å². The summed E-state index contributed by atoms with van der Waals surface area (Å²) >= 11 is 1.14. The van der Waals surface area contributed by atoms with Crippen LogP contribution >= 0.6 is 11.7 Å². The van der Waals surface area contributed by atoms with Crippen molar-refractivity contribution in [1.29, 1.82) is 0 Å². The first-order valence-corrected chi connectivity index (χ1v) is 11.3. The van der Waals surface area contributed by atoms with Crippen molar-refractivity contribution >= 4 is 29.2 Å². The van der Waals surface area contributed by atoms with Gasteiger partial charge in [-0.25, -0.2) is 4.79 Å². The number of ether oxygens (including phenoxy) is 2. The first-order valence-electron chi connectivity index (χ1n) is 10.5. The number of carboxylic acids is 1. The molecule has 4 N–H and O–H groups in total. The summed E-state index contributed by atoms with van der Waals surface area (Å²) in [6.07, 6.45) is 7.60. The zero-order valence-electron chi connectivity index (χ0n) is 18.0. The fraction of sp³-hybridized carbons (Fsp3) is 0.700. The lowest BCUT2D eigenvalue weighted by molar-refractivity contribution is -0.919. The smallest absolute Gasteiger partial charge is 0.369 e. The van der Waals surface area contributed by atoms with Crippen LogP contribution in [0, 0.1) is 0 Å². The number of unbranched alkanes of at least 4 members (excludes halogenated alkanes) is 3. The molecule has 9 nitrogen and oxygen atoms in total. The molecule has 1 unspecified atom stereocenters. The largest absolute Gasteiger partial charge is 0.481 e. The van der Waals surface area contributed by atoms with Gasteiger partial charge in [0.15, 0.2) is 6.04 Å². The molecular weight excluding hydrogens is 408 g/mol. The third kappa shape index (κ3) is 7.66. The summed E-state index contributed by atoms with van der Waals surface area (Å²) in [5.74, 6) is -0.820. The molecule has 0 saturated heterocycles. The number of esters is 1. The third-order valence-corrected chi connectivity index (χ3v) is 5.68. The second-order valence-corrected chi connectivity index (χ2v) is 8.60. The van der Waals surface area contributed by atoms with Gasteiger partial charge in [-0.05, 0) is 6.42 Å². The summed E-state index contributed by atoms with van der Waals surface area (Å²) in [4.78, 5) is 22.8. The first-order chi connectivity index (χ1) is 14.3. The van der Waals surface area contributed by atoms with Gasteiger partial charge in [0.25, 0.3) is 5.88 Å². The van der Waals surface area contributed by atoms with E-state index in [0.29, 0.717) is 23.5 Å². The maximum atomic E-state index is 12.2. The highest BCUT2D eigenvalue weighted by molar-refractivity contribution is 6.99. The molecule has 0 radical (unpaired) electrons. The number of aliphatic carboxylic acids is 1. The number of hydrogen-bond acceptors (Lipinski definition) is 7. The predicted octanol–water partition coefficient (Wildman–Crippen LogP) is 1.71. The fourth-order valence-electron chi connectivity index (χ4n) is 3.31. The zero-order chi connectivity index (χ0) is 22.0. The molecule has 30 heavy (non-hydrogen) atoms. The summed E-state index contributed by atoms with van der Waals surface area (Å²) < 4.78 is 20.6. The highest BCUT2D eigenvalue weighted by atomic mass is 32.1. The Morgan fingerprint density at radius 3 is 2.87 bits per heavy atom. The van der Waals surface area contributed by atoms with E-state index in [1.807, 2.05) is 7.05 Å². The van der Waals surface area contributed by atoms with E-state index in [1.54, 1.807) is 0 Å². The molecule has 168 valence electrons. The lowest BCUT2D eigenvalue weighted by Crippen LogP contribution is -2.66. The Morgan fingerprint density at radius 1 is 1.33 bits per heavy atom. The van der Waals surface area contributed by atoms with E-state index in [1.165, 1.54) is 12.8 Å². The lowest BCUT2D eigenvalue weighted by atomic mass is 10.1. The van der Waals surface area contributed by atoms with Crippen molar-refractivity contribution in [3.8, 4) is 5.88 Å². The molecule has 0 spiro atoms. The van der Waals surface area contributed by atoms with Crippen molar-refractivity contribution in [2.24, 2.45) is 0 Å². The highest BCUT2D eigenvalue weighted by Gasteiger charge is 2.32. The van der Waals surface area contributed by atoms with Crippen LogP contribution in [0.15, 0.2) is 6.08 Å². The first kappa shape index (κ1) is 24.2. The minimum absolute atomic E-state index is 0.0969. The van der Waals surface area contributed by atoms with Gasteiger partial charge in [-0.1, -0.05) is 32.3 Å². The second-order valence-electron chi connectivity index (χ2n) is 8.07. The van der Waals surface area contributed by atoms with Crippen LogP contribution in [-0.4, -0.2) is 69.8 Å². The van der Waals surface area contributed by atoms with Crippen molar-refractivity contribution in [2.45, 2.75) is 57.9 Å². The van der Waals surface area contributed by atoms with E-state index in [2.05, 4.69) is 27.5 Å². The fourth-order valence-corrected chi connectivity index (χ4v) is 3.84. The van der Waals surface area contributed by atoms with Crippen molar-refractivity contribution in [1.82, 2.24) is 8.75 Å². The van der Waals surface area contributed by atoms with Crippen molar-refractivity contribution in [3.63, 3.8) is 0 Å². The van der Waals surface area contributed by atoms with Crippen LogP contribution in [0.4, 0.5) is 0 Å². The SMILES string of the molecule is CCCCCCOc1nsnc1C1=CCC[N+](C)(COC(=O)[C@@H]([NH3+])CCC(=O)O)C1. The van der Waals surface area contributed by atoms with Crippen LogP contribution in [0.2, 0.25) is 0 Å². The van der Waals surface area contributed by atoms with Crippen LogP contribution in [0.1, 0.15) is 57.6 Å². The molecule has 2 heterocycles. The molecule has 0 bridgehead atoms. The summed E-state index contributed by atoms with van der Waals surface area (Å²) in [6, 6.07) is -0.678. The van der Waals surface area contributed by atoms with E-state index < -0.39 is 18.0 Å². The second kappa shape index (κ2) is 12.0. The maximum Gasteiger partial charge on any atom is 0.369 e. The van der Waals surface area contributed by atoms with Crippen LogP contribution in [0.5, 0.6) is 5.88 Å². The Balaban J connectivity index is 1.88. The number of hydrogen-bond donors (Lipinski definition) is 2. The predicted molar refractivity (Wildman–Crippen MR) is 113 cm³/mol. The molecule has 1 aromatic heterocycles. The highest BCUT2D eigenvalue weighted by Crippen LogP contribution is 2.30. The van der Waals surface area contributed by atoms with Crippen LogP contribution < -0.4 is 10.5 Å². The molecule has 10 heteroatoms. The minimum Gasteiger partial charge on any atom is -0.481 e. The van der Waals surface area contributed by atoms with E-state index in [4.69, 9.17) is 14.6 Å². The number of aromatic nitrogens is 2. The van der Waals surface area contributed by atoms with Gasteiger partial charge in [0.05, 0.1) is 38.3 Å². The minimum atomic E-state index is -0.943. The van der Waals surface area contributed by atoms with E-state index >= 15 is 0 Å². The van der Waals surface area contributed by atoms with Crippen LogP contribution in [0.25, 0.3) is 5.57 Å². The number of nitrogens with zero attached hydrogens (tertiary/aromatic N) is 3. The zero-order valence-corrected chi connectivity index (χ0v) is 18.8. The molecule has 0 saturated carbocycles. The van der Waals surface area contributed by atoms with Crippen LogP contribution in [0.3, 0.4) is 0 Å². The number of carboxylic acid groups (broad SMARTS) is 1. The van der Waals surface area contributed by atoms with E-state index in [0.717, 1.165) is 48.8 Å². The van der Waals surface area contributed by atoms with Crippen molar-refractivity contribution in [2.75, 3.05) is 33.5 Å². The molecular formula is C20H34N4O5S+2. The van der Waals surface area contributed by atoms with Gasteiger partial charge in [-0.3, -0.25) is 9.28 Å².